The van der Waals surface area contributed by atoms with Gasteiger partial charge in [-0.05, 0) is 412 Å². The summed E-state index contributed by atoms with van der Waals surface area (Å²) in [5.41, 5.74) is 8.51. The average Bonchev–Trinajstić information content (AvgIpc) is 1.68. The van der Waals surface area contributed by atoms with Gasteiger partial charge in [-0.1, -0.05) is 132 Å². The minimum absolute atomic E-state index is 0.0340. The third-order valence-corrected chi connectivity index (χ3v) is 28.4. The predicted molar refractivity (Wildman–Crippen MR) is 530 cm³/mol. The van der Waals surface area contributed by atoms with Gasteiger partial charge in [0.2, 0.25) is 0 Å². The van der Waals surface area contributed by atoms with E-state index < -0.39 is 29.8 Å². The van der Waals surface area contributed by atoms with Crippen LogP contribution in [-0.4, -0.2) is 215 Å². The van der Waals surface area contributed by atoms with Crippen LogP contribution in [0.1, 0.15) is 338 Å². The highest BCUT2D eigenvalue weighted by Gasteiger charge is 2.48. The van der Waals surface area contributed by atoms with Crippen LogP contribution in [0.25, 0.3) is 0 Å². The number of rotatable bonds is 23. The minimum Gasteiger partial charge on any atom is -0.406 e. The van der Waals surface area contributed by atoms with Gasteiger partial charge in [-0.25, -0.2) is 0 Å². The molecule has 0 radical (unpaired) electrons. The number of nitrogens with one attached hydrogen (secondary N) is 7. The second-order valence-corrected chi connectivity index (χ2v) is 46.0. The summed E-state index contributed by atoms with van der Waals surface area (Å²) in [6.07, 6.45) is 12.7. The van der Waals surface area contributed by atoms with Crippen molar-refractivity contribution in [2.45, 2.75) is 420 Å². The van der Waals surface area contributed by atoms with Crippen LogP contribution in [0.15, 0.2) is 121 Å². The molecule has 742 valence electrons. The summed E-state index contributed by atoms with van der Waals surface area (Å²) in [7, 11) is 23.6. The van der Waals surface area contributed by atoms with Crippen molar-refractivity contribution in [3.63, 3.8) is 0 Å². The SMILES string of the molecule is CC(C)N[C@H]1CC[C@H](c2ccc(C(F)(F)F)cc2)C[C@@H]1N(C)C.CCCc1cccc([C@H]2CC[C@H](NC(C)(C)C)[C@@H](N(C)C)C2)c1.CN(C)[C@@H]1C[C@H]2C[C@H]2C[C@H]1NC(C)(C)C.CN(C)[C@H]1C[C@@H](c2cccc(C3CC3)c2)CC[C@@H]1NC(C)(C)C.CN(C)[C@H]1C[C@@H](c2cccc(OC(F)(F)F)c2)CC[C@@H]1NC(C)(C)C.CN[C@H]1C[C@@H](c2cccc(C(F)(F)F)c2)CC[C@@H]1NC(C)C. The number of hydrogen-bond donors (Lipinski definition) is 7. The Hall–Kier alpha value is -5.21. The second kappa shape index (κ2) is 48.9. The van der Waals surface area contributed by atoms with Crippen LogP contribution < -0.4 is 42.0 Å². The zero-order valence-corrected chi connectivity index (χ0v) is 85.9. The fraction of sp³-hybridized carbons (Fsp3) is 0.725. The van der Waals surface area contributed by atoms with Gasteiger partial charge in [0.1, 0.15) is 5.75 Å². The highest BCUT2D eigenvalue weighted by atomic mass is 19.4. The lowest BCUT2D eigenvalue weighted by Gasteiger charge is -2.43. The van der Waals surface area contributed by atoms with Crippen molar-refractivity contribution in [1.29, 1.82) is 0 Å². The number of hydrogen-bond acceptors (Lipinski definition) is 13. The lowest BCUT2D eigenvalue weighted by atomic mass is 9.77. The first-order chi connectivity index (χ1) is 60.9. The van der Waals surface area contributed by atoms with Crippen LogP contribution in [-0.2, 0) is 18.8 Å². The molecule has 8 aliphatic carbocycles. The lowest BCUT2D eigenvalue weighted by molar-refractivity contribution is -0.274. The fourth-order valence-electron chi connectivity index (χ4n) is 22.1. The zero-order chi connectivity index (χ0) is 97.2. The molecule has 0 saturated heterocycles. The third kappa shape index (κ3) is 37.2. The number of alkyl halides is 9. The Labute approximate surface area is 788 Å². The van der Waals surface area contributed by atoms with E-state index in [0.717, 1.165) is 110 Å². The van der Waals surface area contributed by atoms with Crippen LogP contribution in [0.5, 0.6) is 5.75 Å². The number of likely N-dealkylation sites (N-methyl/N-ethyl adjacent to an activating group) is 6. The summed E-state index contributed by atoms with van der Waals surface area (Å²) >= 11 is 0. The van der Waals surface area contributed by atoms with E-state index >= 15 is 0 Å². The van der Waals surface area contributed by atoms with Crippen molar-refractivity contribution in [3.05, 3.63) is 171 Å². The molecular weight excluding hydrogens is 1660 g/mol. The molecule has 8 aliphatic rings. The maximum Gasteiger partial charge on any atom is 0.573 e. The van der Waals surface area contributed by atoms with Crippen molar-refractivity contribution < 1.29 is 44.3 Å². The van der Waals surface area contributed by atoms with Gasteiger partial charge in [0, 0.05) is 107 Å². The van der Waals surface area contributed by atoms with Gasteiger partial charge in [-0.15, -0.1) is 13.2 Å². The largest absolute Gasteiger partial charge is 0.573 e. The molecule has 8 saturated carbocycles. The molecule has 0 unspecified atom stereocenters. The Morgan fingerprint density at radius 3 is 1.06 bits per heavy atom. The molecule has 13 nitrogen and oxygen atoms in total. The zero-order valence-electron chi connectivity index (χ0n) is 85.9. The maximum absolute atomic E-state index is 12.9. The minimum atomic E-state index is -4.65. The molecule has 0 aliphatic heterocycles. The number of fused-ring (bicyclic) bond motifs is 1. The summed E-state index contributed by atoms with van der Waals surface area (Å²) in [5.74, 6) is 5.00. The van der Waals surface area contributed by atoms with Gasteiger partial charge >= 0.3 is 18.7 Å². The second-order valence-electron chi connectivity index (χ2n) is 46.0. The molecule has 131 heavy (non-hydrogen) atoms. The predicted octanol–water partition coefficient (Wildman–Crippen LogP) is 24.0. The summed E-state index contributed by atoms with van der Waals surface area (Å²) in [5, 5.41) is 25.7. The molecule has 13 rings (SSSR count). The summed E-state index contributed by atoms with van der Waals surface area (Å²) < 4.78 is 118. The first-order valence-corrected chi connectivity index (χ1v) is 49.9. The topological polar surface area (TPSA) is 110 Å². The van der Waals surface area contributed by atoms with E-state index in [-0.39, 0.29) is 45.8 Å². The third-order valence-electron chi connectivity index (χ3n) is 28.4. The summed E-state index contributed by atoms with van der Waals surface area (Å²) in [6.45, 7) is 37.8. The van der Waals surface area contributed by atoms with Gasteiger partial charge < -0.3 is 66.5 Å². The van der Waals surface area contributed by atoms with E-state index in [1.807, 2.05) is 19.2 Å². The van der Waals surface area contributed by atoms with E-state index in [1.165, 1.54) is 125 Å². The van der Waals surface area contributed by atoms with Crippen molar-refractivity contribution in [3.8, 4) is 5.75 Å². The van der Waals surface area contributed by atoms with E-state index in [1.54, 1.807) is 34.9 Å². The van der Waals surface area contributed by atoms with Crippen LogP contribution in [0.2, 0.25) is 0 Å². The Morgan fingerprint density at radius 2 is 0.656 bits per heavy atom. The van der Waals surface area contributed by atoms with Gasteiger partial charge in [0.05, 0.1) is 11.1 Å². The van der Waals surface area contributed by atoms with Gasteiger partial charge in [-0.2, -0.15) is 26.3 Å². The summed E-state index contributed by atoms with van der Waals surface area (Å²) in [4.78, 5) is 11.7. The smallest absolute Gasteiger partial charge is 0.406 e. The Balaban J connectivity index is 0.000000195. The monoisotopic (exact) mass is 1840 g/mol. The maximum atomic E-state index is 12.9. The molecule has 0 aromatic heterocycles. The molecule has 5 aromatic carbocycles. The van der Waals surface area contributed by atoms with Crippen LogP contribution in [0.3, 0.4) is 0 Å². The molecule has 0 heterocycles. The first-order valence-electron chi connectivity index (χ1n) is 49.9. The van der Waals surface area contributed by atoms with Gasteiger partial charge in [0.15, 0.2) is 0 Å². The quantitative estimate of drug-likeness (QED) is 0.0316. The Morgan fingerprint density at radius 1 is 0.321 bits per heavy atom. The number of benzene rings is 5. The molecule has 19 atom stereocenters. The van der Waals surface area contributed by atoms with Crippen molar-refractivity contribution in [2.75, 3.05) is 77.5 Å². The molecule has 0 amide bonds. The fourth-order valence-corrected chi connectivity index (χ4v) is 22.1. The van der Waals surface area contributed by atoms with E-state index in [2.05, 4.69) is 303 Å². The number of ether oxygens (including phenoxy) is 1. The van der Waals surface area contributed by atoms with Crippen molar-refractivity contribution >= 4 is 0 Å². The molecule has 5 aromatic rings. The molecule has 7 N–H and O–H groups in total. The van der Waals surface area contributed by atoms with Gasteiger partial charge in [-0.3, -0.25) is 0 Å². The van der Waals surface area contributed by atoms with Crippen molar-refractivity contribution in [2.24, 2.45) is 11.8 Å². The first kappa shape index (κ1) is 111. The standard InChI is InChI=1S/C21H34N2.C21H36N2.C19H29F3N2O.C18H27F3N2.C17H25F3N2.C13H26N2/c1-21(2,3)22-19-12-11-18(14-20(19)23(4)5)17-8-6-7-16(13-17)15-9-10-15;1-7-9-16-10-8-11-17(14-16)18-12-13-19(22-21(2,3)4)20(15-18)23(5)6;1-18(2,3)23-16-10-9-14(12-17(16)24(4)5)13-7-6-8-15(11-13)25-19(20,21)22;1-12(2)22-16-10-7-14(11-17(16)23(3)4)13-5-8-15(9-6-13)18(19,20)21;1-11(2)22-15-8-7-13(10-16(15)21-3)12-5-4-6-14(9-12)17(18,19)20;1-13(2,3)14-11-7-9-6-10(9)8-12(11)15(4)5/h6-8,13,15,18-20,22H,9-12,14H2,1-5H3;8,10-11,14,18-20,22H,7,9,12-13,15H2,1-6H3;6-8,11,14,16-17,23H,9-10,12H2,1-5H3;5-6,8-9,12,14,16-17,22H,7,10-11H2,1-4H3;4-6,9,11,13,15-16,21-22H,7-8,10H2,1-3H3;9-12,14H,6-8H2,1-5H3/t2*18-,19-,20-;2*14-,16-,17-;13-,15-,16-;9-,10+,11+,12+/m000000/s1. The van der Waals surface area contributed by atoms with E-state index in [9.17, 15) is 39.5 Å². The highest BCUT2D eigenvalue weighted by Crippen LogP contribution is 2.51. The van der Waals surface area contributed by atoms with Crippen molar-refractivity contribution in [1.82, 2.24) is 61.7 Å². The number of aryl methyl sites for hydroxylation is 1. The molecule has 0 spiro atoms. The highest BCUT2D eigenvalue weighted by molar-refractivity contribution is 5.35. The van der Waals surface area contributed by atoms with E-state index in [0.29, 0.717) is 84.3 Å². The molecule has 0 bridgehead atoms. The summed E-state index contributed by atoms with van der Waals surface area (Å²) in [6, 6.07) is 43.7. The van der Waals surface area contributed by atoms with Gasteiger partial charge in [0.25, 0.3) is 0 Å². The average molecular weight is 1840 g/mol. The Kier molecular flexibility index (Phi) is 41.5. The lowest BCUT2D eigenvalue weighted by Crippen LogP contribution is -2.55. The molecular formula is C109H177F9N12O. The van der Waals surface area contributed by atoms with Crippen LogP contribution in [0, 0.1) is 11.8 Å². The number of halogens is 9. The number of nitrogens with zero attached hydrogens (tertiary/aromatic N) is 5. The van der Waals surface area contributed by atoms with Crippen LogP contribution in [0.4, 0.5) is 39.5 Å². The molecule has 22 heteroatoms. The Bertz CT molecular complexity index is 4130. The normalized spacial score (nSPS) is 28.1. The molecule has 8 fully saturated rings. The van der Waals surface area contributed by atoms with E-state index in [4.69, 9.17) is 0 Å². The van der Waals surface area contributed by atoms with Crippen LogP contribution >= 0.6 is 0 Å².